The van der Waals surface area contributed by atoms with Crippen LogP contribution in [0.3, 0.4) is 0 Å². The summed E-state index contributed by atoms with van der Waals surface area (Å²) in [6, 6.07) is 0. The Morgan fingerprint density at radius 1 is 0.633 bits per heavy atom. The third-order valence-corrected chi connectivity index (χ3v) is 6.95. The van der Waals surface area contributed by atoms with Gasteiger partial charge in [0.1, 0.15) is 5.41 Å². The second-order valence-corrected chi connectivity index (χ2v) is 9.51. The average Bonchev–Trinajstić information content (AvgIpc) is 3.52. The molecular formula is C26H50O4. The highest BCUT2D eigenvalue weighted by Crippen LogP contribution is 2.55. The van der Waals surface area contributed by atoms with Gasteiger partial charge in [-0.1, -0.05) is 124 Å². The van der Waals surface area contributed by atoms with Gasteiger partial charge in [-0.05, 0) is 19.3 Å². The Hall–Kier alpha value is -0.610. The number of rotatable bonds is 22. The molecule has 0 aromatic rings. The molecule has 1 saturated heterocycles. The van der Waals surface area contributed by atoms with Crippen molar-refractivity contribution in [2.75, 3.05) is 0 Å². The number of carboxylic acids is 1. The molecule has 0 saturated carbocycles. The molecule has 1 aliphatic rings. The van der Waals surface area contributed by atoms with Gasteiger partial charge in [-0.2, -0.15) is 9.78 Å². The third kappa shape index (κ3) is 9.26. The van der Waals surface area contributed by atoms with Gasteiger partial charge in [0.25, 0.3) is 0 Å². The second kappa shape index (κ2) is 16.1. The maximum absolute atomic E-state index is 12.6. The van der Waals surface area contributed by atoms with Crippen LogP contribution in [0.1, 0.15) is 149 Å². The molecule has 0 aromatic heterocycles. The minimum Gasteiger partial charge on any atom is -0.481 e. The Morgan fingerprint density at radius 3 is 1.37 bits per heavy atom. The molecule has 0 radical (unpaired) electrons. The molecule has 0 amide bonds. The summed E-state index contributed by atoms with van der Waals surface area (Å²) >= 11 is 0. The molecule has 4 nitrogen and oxygen atoms in total. The fourth-order valence-corrected chi connectivity index (χ4v) is 4.79. The van der Waals surface area contributed by atoms with E-state index in [4.69, 9.17) is 9.78 Å². The Balaban J connectivity index is 2.67. The lowest BCUT2D eigenvalue weighted by molar-refractivity contribution is -0.157. The van der Waals surface area contributed by atoms with E-state index in [1.54, 1.807) is 0 Å². The topological polar surface area (TPSA) is 62.4 Å². The summed E-state index contributed by atoms with van der Waals surface area (Å²) in [6.45, 7) is 6.66. The highest BCUT2D eigenvalue weighted by atomic mass is 17.4. The van der Waals surface area contributed by atoms with E-state index in [0.29, 0.717) is 19.3 Å². The van der Waals surface area contributed by atoms with E-state index in [-0.39, 0.29) is 0 Å². The van der Waals surface area contributed by atoms with Gasteiger partial charge in [0.05, 0.1) is 0 Å². The van der Waals surface area contributed by atoms with E-state index in [1.165, 1.54) is 70.6 Å². The Morgan fingerprint density at radius 2 is 1.00 bits per heavy atom. The van der Waals surface area contributed by atoms with Crippen LogP contribution in [0, 0.1) is 5.41 Å². The van der Waals surface area contributed by atoms with Gasteiger partial charge in [-0.3, -0.25) is 4.79 Å². The van der Waals surface area contributed by atoms with E-state index in [0.717, 1.165) is 38.5 Å². The number of carboxylic acid groups (broad SMARTS) is 1. The van der Waals surface area contributed by atoms with Gasteiger partial charge >= 0.3 is 5.97 Å². The number of hydrogen-bond donors (Lipinski definition) is 1. The molecule has 1 N–H and O–H groups in total. The molecule has 0 aliphatic carbocycles. The summed E-state index contributed by atoms with van der Waals surface area (Å²) in [5.74, 6) is -1.59. The van der Waals surface area contributed by atoms with Crippen LogP contribution in [0.2, 0.25) is 0 Å². The summed E-state index contributed by atoms with van der Waals surface area (Å²) in [7, 11) is 0. The lowest BCUT2D eigenvalue weighted by Gasteiger charge is -2.32. The maximum Gasteiger partial charge on any atom is 0.315 e. The van der Waals surface area contributed by atoms with Crippen molar-refractivity contribution in [3.05, 3.63) is 0 Å². The van der Waals surface area contributed by atoms with E-state index < -0.39 is 17.2 Å². The van der Waals surface area contributed by atoms with Crippen LogP contribution in [-0.4, -0.2) is 16.9 Å². The monoisotopic (exact) mass is 426 g/mol. The molecule has 178 valence electrons. The van der Waals surface area contributed by atoms with E-state index >= 15 is 0 Å². The predicted molar refractivity (Wildman–Crippen MR) is 124 cm³/mol. The standard InChI is InChI=1S/C26H50O4/c1-4-7-10-13-16-18-21-25(24(27)28,22-19-17-14-11-8-5-2)26(29-30-26)23-20-15-12-9-6-3/h4-23H2,1-3H3,(H,27,28). The molecule has 1 heterocycles. The highest BCUT2D eigenvalue weighted by Gasteiger charge is 2.68. The highest BCUT2D eigenvalue weighted by molar-refractivity contribution is 5.76. The first-order chi connectivity index (χ1) is 14.6. The molecule has 1 rings (SSSR count). The molecule has 0 bridgehead atoms. The van der Waals surface area contributed by atoms with Gasteiger partial charge in [-0.15, -0.1) is 0 Å². The van der Waals surface area contributed by atoms with Crippen LogP contribution in [0.15, 0.2) is 0 Å². The second-order valence-electron chi connectivity index (χ2n) is 9.51. The smallest absolute Gasteiger partial charge is 0.315 e. The van der Waals surface area contributed by atoms with E-state index in [2.05, 4.69) is 20.8 Å². The molecule has 0 spiro atoms. The largest absolute Gasteiger partial charge is 0.481 e. The normalized spacial score (nSPS) is 15.4. The third-order valence-electron chi connectivity index (χ3n) is 6.95. The molecule has 1 fully saturated rings. The van der Waals surface area contributed by atoms with Crippen LogP contribution in [0.25, 0.3) is 0 Å². The fraction of sp³-hybridized carbons (Fsp3) is 0.962. The molecule has 0 aromatic carbocycles. The summed E-state index contributed by atoms with van der Waals surface area (Å²) < 4.78 is 0. The van der Waals surface area contributed by atoms with Crippen molar-refractivity contribution >= 4 is 5.97 Å². The number of carbonyl (C=O) groups is 1. The first-order valence-electron chi connectivity index (χ1n) is 13.2. The van der Waals surface area contributed by atoms with Crippen LogP contribution in [0.4, 0.5) is 0 Å². The van der Waals surface area contributed by atoms with Gasteiger partial charge in [0.15, 0.2) is 0 Å². The van der Waals surface area contributed by atoms with E-state index in [9.17, 15) is 9.90 Å². The lowest BCUT2D eigenvalue weighted by Crippen LogP contribution is -2.45. The quantitative estimate of drug-likeness (QED) is 0.107. The first kappa shape index (κ1) is 27.4. The minimum absolute atomic E-state index is 0.679. The van der Waals surface area contributed by atoms with Crippen molar-refractivity contribution in [1.82, 2.24) is 0 Å². The van der Waals surface area contributed by atoms with Gasteiger partial charge in [-0.25, -0.2) is 0 Å². The van der Waals surface area contributed by atoms with Crippen molar-refractivity contribution in [2.24, 2.45) is 5.41 Å². The molecule has 0 unspecified atom stereocenters. The Labute approximate surface area is 186 Å². The Kier molecular flexibility index (Phi) is 14.7. The van der Waals surface area contributed by atoms with Crippen LogP contribution in [-0.2, 0) is 14.6 Å². The van der Waals surface area contributed by atoms with Crippen LogP contribution >= 0.6 is 0 Å². The first-order valence-corrected chi connectivity index (χ1v) is 13.2. The van der Waals surface area contributed by atoms with Gasteiger partial charge in [0, 0.05) is 6.42 Å². The number of hydrogen-bond acceptors (Lipinski definition) is 3. The minimum atomic E-state index is -0.882. The lowest BCUT2D eigenvalue weighted by atomic mass is 9.70. The fourth-order valence-electron chi connectivity index (χ4n) is 4.79. The Bertz CT molecular complexity index is 415. The molecular weight excluding hydrogens is 376 g/mol. The summed E-state index contributed by atoms with van der Waals surface area (Å²) in [4.78, 5) is 23.7. The molecule has 0 atom stereocenters. The molecule has 30 heavy (non-hydrogen) atoms. The van der Waals surface area contributed by atoms with Crippen molar-refractivity contribution in [2.45, 2.75) is 155 Å². The summed E-state index contributed by atoms with van der Waals surface area (Å²) in [5.41, 5.74) is -0.882. The average molecular weight is 427 g/mol. The zero-order valence-electron chi connectivity index (χ0n) is 20.3. The van der Waals surface area contributed by atoms with Crippen molar-refractivity contribution < 1.29 is 19.7 Å². The van der Waals surface area contributed by atoms with Crippen LogP contribution < -0.4 is 0 Å². The number of aliphatic carboxylic acids is 1. The maximum atomic E-state index is 12.6. The van der Waals surface area contributed by atoms with Crippen LogP contribution in [0.5, 0.6) is 0 Å². The van der Waals surface area contributed by atoms with Gasteiger partial charge in [0.2, 0.25) is 5.79 Å². The van der Waals surface area contributed by atoms with Crippen molar-refractivity contribution in [1.29, 1.82) is 0 Å². The zero-order chi connectivity index (χ0) is 22.1. The zero-order valence-corrected chi connectivity index (χ0v) is 20.3. The predicted octanol–water partition coefficient (Wildman–Crippen LogP) is 8.58. The van der Waals surface area contributed by atoms with Gasteiger partial charge < -0.3 is 5.11 Å². The summed E-state index contributed by atoms with van der Waals surface area (Å²) in [6.07, 6.45) is 21.9. The van der Waals surface area contributed by atoms with Crippen molar-refractivity contribution in [3.8, 4) is 0 Å². The van der Waals surface area contributed by atoms with Crippen molar-refractivity contribution in [3.63, 3.8) is 0 Å². The molecule has 4 heteroatoms. The van der Waals surface area contributed by atoms with E-state index in [1.807, 2.05) is 0 Å². The number of unbranched alkanes of at least 4 members (excludes halogenated alkanes) is 14. The SMILES string of the molecule is CCCCCCCCC(CCCCCCCC)(C(=O)O)C1(CCCCCCC)OO1. The molecule has 1 aliphatic heterocycles. The summed E-state index contributed by atoms with van der Waals surface area (Å²) in [5, 5.41) is 10.4.